The summed E-state index contributed by atoms with van der Waals surface area (Å²) in [5.41, 5.74) is 5.01. The molecule has 33 heavy (non-hydrogen) atoms. The summed E-state index contributed by atoms with van der Waals surface area (Å²) in [6, 6.07) is 20.1. The maximum Gasteiger partial charge on any atom is 0.251 e. The number of pyridine rings is 1. The Balaban J connectivity index is 1.40. The van der Waals surface area contributed by atoms with Crippen LogP contribution in [0.5, 0.6) is 0 Å². The fourth-order valence-corrected chi connectivity index (χ4v) is 4.47. The van der Waals surface area contributed by atoms with Gasteiger partial charge in [0.2, 0.25) is 0 Å². The number of benzene rings is 2. The van der Waals surface area contributed by atoms with Crippen LogP contribution in [0.3, 0.4) is 0 Å². The molecule has 7 heteroatoms. The van der Waals surface area contributed by atoms with Crippen LogP contribution in [0.15, 0.2) is 78.2 Å². The SMILES string of the molecule is CCOCCCNC(=O)c1ccc(CSc2nc3ccncc3n2Cc2ccccc2)cc1. The molecule has 0 saturated carbocycles. The van der Waals surface area contributed by atoms with Gasteiger partial charge in [0.25, 0.3) is 5.91 Å². The number of nitrogens with zero attached hydrogens (tertiary/aromatic N) is 3. The molecular formula is C26H28N4O2S. The normalized spacial score (nSPS) is 11.1. The van der Waals surface area contributed by atoms with Crippen molar-refractivity contribution in [2.45, 2.75) is 30.8 Å². The molecule has 2 heterocycles. The van der Waals surface area contributed by atoms with Gasteiger partial charge in [-0.3, -0.25) is 9.78 Å². The minimum absolute atomic E-state index is 0.0529. The lowest BCUT2D eigenvalue weighted by Crippen LogP contribution is -2.25. The maximum atomic E-state index is 12.3. The highest BCUT2D eigenvalue weighted by Gasteiger charge is 2.12. The van der Waals surface area contributed by atoms with Crippen LogP contribution in [0, 0.1) is 0 Å². The molecule has 2 aromatic carbocycles. The van der Waals surface area contributed by atoms with E-state index in [1.807, 2.05) is 49.5 Å². The van der Waals surface area contributed by atoms with Gasteiger partial charge in [0.15, 0.2) is 5.16 Å². The average Bonchev–Trinajstić information content (AvgIpc) is 3.20. The van der Waals surface area contributed by atoms with Crippen LogP contribution < -0.4 is 5.32 Å². The summed E-state index contributed by atoms with van der Waals surface area (Å²) in [4.78, 5) is 21.4. The highest BCUT2D eigenvalue weighted by Crippen LogP contribution is 2.27. The van der Waals surface area contributed by atoms with Gasteiger partial charge < -0.3 is 14.6 Å². The van der Waals surface area contributed by atoms with E-state index in [2.05, 4.69) is 39.1 Å². The number of fused-ring (bicyclic) bond motifs is 1. The Kier molecular flexibility index (Phi) is 8.11. The smallest absolute Gasteiger partial charge is 0.251 e. The third-order valence-corrected chi connectivity index (χ3v) is 6.29. The van der Waals surface area contributed by atoms with Gasteiger partial charge in [0.05, 0.1) is 23.8 Å². The quantitative estimate of drug-likeness (QED) is 0.254. The molecule has 0 aliphatic carbocycles. The van der Waals surface area contributed by atoms with E-state index in [-0.39, 0.29) is 5.91 Å². The van der Waals surface area contributed by atoms with Crippen LogP contribution in [-0.4, -0.2) is 40.2 Å². The second kappa shape index (κ2) is 11.6. The molecule has 1 N–H and O–H groups in total. The summed E-state index contributed by atoms with van der Waals surface area (Å²) < 4.78 is 7.51. The zero-order valence-electron chi connectivity index (χ0n) is 18.7. The van der Waals surface area contributed by atoms with E-state index in [4.69, 9.17) is 9.72 Å². The molecule has 2 aromatic heterocycles. The summed E-state index contributed by atoms with van der Waals surface area (Å²) >= 11 is 1.69. The molecule has 0 atom stereocenters. The first kappa shape index (κ1) is 23.0. The maximum absolute atomic E-state index is 12.3. The fourth-order valence-electron chi connectivity index (χ4n) is 3.50. The first-order valence-electron chi connectivity index (χ1n) is 11.2. The highest BCUT2D eigenvalue weighted by molar-refractivity contribution is 7.98. The Morgan fingerprint density at radius 1 is 1.06 bits per heavy atom. The Bertz CT molecular complexity index is 1180. The summed E-state index contributed by atoms with van der Waals surface area (Å²) in [6.07, 6.45) is 4.46. The minimum atomic E-state index is -0.0529. The molecule has 0 spiro atoms. The Morgan fingerprint density at radius 2 is 1.88 bits per heavy atom. The van der Waals surface area contributed by atoms with Crippen LogP contribution in [0.1, 0.15) is 34.8 Å². The van der Waals surface area contributed by atoms with Crippen molar-refractivity contribution < 1.29 is 9.53 Å². The largest absolute Gasteiger partial charge is 0.382 e. The van der Waals surface area contributed by atoms with Crippen molar-refractivity contribution in [1.82, 2.24) is 19.9 Å². The van der Waals surface area contributed by atoms with E-state index in [0.717, 1.165) is 40.5 Å². The van der Waals surface area contributed by atoms with Crippen LogP contribution in [0.4, 0.5) is 0 Å². The van der Waals surface area contributed by atoms with Crippen LogP contribution in [0.2, 0.25) is 0 Å². The number of nitrogens with one attached hydrogen (secondary N) is 1. The van der Waals surface area contributed by atoms with Gasteiger partial charge in [0, 0.05) is 37.3 Å². The van der Waals surface area contributed by atoms with E-state index < -0.39 is 0 Å². The lowest BCUT2D eigenvalue weighted by Gasteiger charge is -2.09. The van der Waals surface area contributed by atoms with Crippen molar-refractivity contribution in [3.8, 4) is 0 Å². The number of carbonyl (C=O) groups is 1. The van der Waals surface area contributed by atoms with Gasteiger partial charge in [-0.2, -0.15) is 0 Å². The molecule has 4 aromatic rings. The number of aromatic nitrogens is 3. The third kappa shape index (κ3) is 6.21. The van der Waals surface area contributed by atoms with Crippen molar-refractivity contribution in [3.05, 3.63) is 89.7 Å². The number of hydrogen-bond donors (Lipinski definition) is 1. The van der Waals surface area contributed by atoms with E-state index in [9.17, 15) is 4.79 Å². The third-order valence-electron chi connectivity index (χ3n) is 5.24. The average molecular weight is 461 g/mol. The second-order valence-electron chi connectivity index (χ2n) is 7.62. The molecule has 170 valence electrons. The number of carbonyl (C=O) groups excluding carboxylic acids is 1. The molecular weight excluding hydrogens is 432 g/mol. The van der Waals surface area contributed by atoms with E-state index in [1.165, 1.54) is 5.56 Å². The van der Waals surface area contributed by atoms with Crippen LogP contribution >= 0.6 is 11.8 Å². The lowest BCUT2D eigenvalue weighted by atomic mass is 10.1. The minimum Gasteiger partial charge on any atom is -0.382 e. The van der Waals surface area contributed by atoms with Gasteiger partial charge in [-0.25, -0.2) is 4.98 Å². The summed E-state index contributed by atoms with van der Waals surface area (Å²) in [7, 11) is 0. The molecule has 0 saturated heterocycles. The molecule has 0 aliphatic heterocycles. The number of thioether (sulfide) groups is 1. The first-order valence-corrected chi connectivity index (χ1v) is 12.1. The van der Waals surface area contributed by atoms with Gasteiger partial charge in [-0.05, 0) is 42.7 Å². The molecule has 0 bridgehead atoms. The molecule has 0 aliphatic rings. The predicted molar refractivity (Wildman–Crippen MR) is 133 cm³/mol. The fraction of sp³-hybridized carbons (Fsp3) is 0.269. The number of rotatable bonds is 11. The monoisotopic (exact) mass is 460 g/mol. The van der Waals surface area contributed by atoms with E-state index in [0.29, 0.717) is 25.3 Å². The zero-order valence-corrected chi connectivity index (χ0v) is 19.6. The van der Waals surface area contributed by atoms with Gasteiger partial charge in [-0.1, -0.05) is 54.2 Å². The summed E-state index contributed by atoms with van der Waals surface area (Å²) in [5.74, 6) is 0.713. The molecule has 0 unspecified atom stereocenters. The Morgan fingerprint density at radius 3 is 2.67 bits per heavy atom. The number of amides is 1. The number of ether oxygens (including phenoxy) is 1. The number of hydrogen-bond acceptors (Lipinski definition) is 5. The summed E-state index contributed by atoms with van der Waals surface area (Å²) in [5, 5.41) is 3.89. The topological polar surface area (TPSA) is 69.0 Å². The van der Waals surface area contributed by atoms with Crippen molar-refractivity contribution in [1.29, 1.82) is 0 Å². The van der Waals surface area contributed by atoms with Crippen LogP contribution in [0.25, 0.3) is 11.0 Å². The van der Waals surface area contributed by atoms with Gasteiger partial charge >= 0.3 is 0 Å². The lowest BCUT2D eigenvalue weighted by molar-refractivity contribution is 0.0944. The predicted octanol–water partition coefficient (Wildman–Crippen LogP) is 4.93. The molecule has 0 fully saturated rings. The molecule has 4 rings (SSSR count). The number of imidazole rings is 1. The summed E-state index contributed by atoms with van der Waals surface area (Å²) in [6.45, 7) is 4.69. The Hall–Kier alpha value is -3.16. The van der Waals surface area contributed by atoms with Crippen LogP contribution in [-0.2, 0) is 17.0 Å². The van der Waals surface area contributed by atoms with E-state index >= 15 is 0 Å². The zero-order chi connectivity index (χ0) is 22.9. The van der Waals surface area contributed by atoms with Crippen molar-refractivity contribution in [3.63, 3.8) is 0 Å². The Labute approximate surface area is 198 Å². The second-order valence-corrected chi connectivity index (χ2v) is 8.56. The van der Waals surface area contributed by atoms with Crippen molar-refractivity contribution in [2.75, 3.05) is 19.8 Å². The first-order chi connectivity index (χ1) is 16.2. The van der Waals surface area contributed by atoms with Crippen molar-refractivity contribution in [2.24, 2.45) is 0 Å². The van der Waals surface area contributed by atoms with Gasteiger partial charge in [-0.15, -0.1) is 0 Å². The molecule has 0 radical (unpaired) electrons. The standard InChI is InChI=1S/C26H28N4O2S/c1-2-32-16-6-14-28-25(31)22-11-9-21(10-12-22)19-33-26-29-23-13-15-27-17-24(23)30(26)18-20-7-4-3-5-8-20/h3-5,7-13,15,17H,2,6,14,16,18-19H2,1H3,(H,28,31). The molecule has 1 amide bonds. The highest BCUT2D eigenvalue weighted by atomic mass is 32.2. The van der Waals surface area contributed by atoms with Crippen molar-refractivity contribution >= 4 is 28.7 Å². The molecule has 6 nitrogen and oxygen atoms in total. The van der Waals surface area contributed by atoms with Gasteiger partial charge in [0.1, 0.15) is 0 Å². The van der Waals surface area contributed by atoms with E-state index in [1.54, 1.807) is 18.0 Å².